The van der Waals surface area contributed by atoms with Gasteiger partial charge in [0.15, 0.2) is 5.76 Å². The summed E-state index contributed by atoms with van der Waals surface area (Å²) < 4.78 is 9.47. The van der Waals surface area contributed by atoms with Crippen LogP contribution < -0.4 is 5.73 Å². The van der Waals surface area contributed by atoms with E-state index in [-0.39, 0.29) is 11.8 Å². The van der Waals surface area contributed by atoms with Gasteiger partial charge in [0.2, 0.25) is 0 Å². The van der Waals surface area contributed by atoms with E-state index in [4.69, 9.17) is 10.3 Å². The number of amides is 1. The van der Waals surface area contributed by atoms with Crippen LogP contribution in [0.1, 0.15) is 40.5 Å². The lowest BCUT2D eigenvalue weighted by Gasteiger charge is -2.32. The van der Waals surface area contributed by atoms with Crippen LogP contribution in [0.5, 0.6) is 0 Å². The first-order valence-corrected chi connectivity index (χ1v) is 9.15. The Bertz CT molecular complexity index is 937. The molecule has 2 N–H and O–H groups in total. The van der Waals surface area contributed by atoms with E-state index in [1.807, 2.05) is 17.9 Å². The molecule has 0 aliphatic carbocycles. The number of nitrogen functional groups attached to an aromatic ring is 1. The lowest BCUT2D eigenvalue weighted by molar-refractivity contribution is 0.0705. The van der Waals surface area contributed by atoms with Gasteiger partial charge in [-0.2, -0.15) is 0 Å². The molecule has 0 bridgehead atoms. The second-order valence-corrected chi connectivity index (χ2v) is 7.17. The Labute approximate surface area is 154 Å². The Morgan fingerprint density at radius 1 is 1.38 bits per heavy atom. The first-order valence-electron chi connectivity index (χ1n) is 8.37. The Morgan fingerprint density at radius 3 is 3.04 bits per heavy atom. The summed E-state index contributed by atoms with van der Waals surface area (Å²) in [5.41, 5.74) is 8.42. The number of nitrogens with zero attached hydrogens (tertiary/aromatic N) is 5. The van der Waals surface area contributed by atoms with Crippen LogP contribution in [-0.2, 0) is 0 Å². The molecule has 1 aliphatic heterocycles. The molecule has 0 radical (unpaired) electrons. The standard InChI is InChI=1S/C17H18N6O2S/c1-10-5-14(25-21-10)16-15(20-22-26-16)11-3-2-4-23(9-11)17(24)12-6-13(18)8-19-7-12/h5-8,11H,2-4,9,18H2,1H3/t11-/m0/s1. The van der Waals surface area contributed by atoms with Crippen molar-refractivity contribution >= 4 is 23.1 Å². The second-order valence-electron chi connectivity index (χ2n) is 6.42. The molecule has 0 unspecified atom stereocenters. The van der Waals surface area contributed by atoms with Crippen LogP contribution in [0.15, 0.2) is 29.0 Å². The molecular weight excluding hydrogens is 352 g/mol. The second kappa shape index (κ2) is 6.83. The minimum absolute atomic E-state index is 0.0604. The molecule has 1 fully saturated rings. The zero-order chi connectivity index (χ0) is 18.1. The lowest BCUT2D eigenvalue weighted by atomic mass is 9.93. The van der Waals surface area contributed by atoms with E-state index < -0.39 is 0 Å². The largest absolute Gasteiger partial charge is 0.397 e. The number of aromatic nitrogens is 4. The monoisotopic (exact) mass is 370 g/mol. The smallest absolute Gasteiger partial charge is 0.255 e. The molecule has 4 rings (SSSR count). The van der Waals surface area contributed by atoms with Crippen molar-refractivity contribution in [1.29, 1.82) is 0 Å². The average Bonchev–Trinajstić information content (AvgIpc) is 3.30. The zero-order valence-corrected chi connectivity index (χ0v) is 15.1. The number of likely N-dealkylation sites (tertiary alicyclic amines) is 1. The lowest BCUT2D eigenvalue weighted by Crippen LogP contribution is -2.39. The summed E-state index contributed by atoms with van der Waals surface area (Å²) in [6, 6.07) is 3.54. The number of carbonyl (C=O) groups is 1. The van der Waals surface area contributed by atoms with Crippen molar-refractivity contribution in [2.45, 2.75) is 25.7 Å². The Hall–Kier alpha value is -2.81. The van der Waals surface area contributed by atoms with Crippen LogP contribution in [0.25, 0.3) is 10.6 Å². The van der Waals surface area contributed by atoms with E-state index in [2.05, 4.69) is 19.7 Å². The maximum atomic E-state index is 12.8. The van der Waals surface area contributed by atoms with Crippen LogP contribution in [0.3, 0.4) is 0 Å². The molecular formula is C17H18N6O2S. The molecule has 1 aliphatic rings. The molecule has 8 nitrogen and oxygen atoms in total. The molecule has 0 spiro atoms. The number of carbonyl (C=O) groups excluding carboxylic acids is 1. The van der Waals surface area contributed by atoms with Gasteiger partial charge < -0.3 is 15.2 Å². The molecule has 0 saturated carbocycles. The van der Waals surface area contributed by atoms with E-state index >= 15 is 0 Å². The van der Waals surface area contributed by atoms with Crippen molar-refractivity contribution in [3.05, 3.63) is 41.5 Å². The number of hydrogen-bond donors (Lipinski definition) is 1. The van der Waals surface area contributed by atoms with E-state index in [1.54, 1.807) is 12.3 Å². The Morgan fingerprint density at radius 2 is 2.27 bits per heavy atom. The molecule has 0 aromatic carbocycles. The third-order valence-electron chi connectivity index (χ3n) is 4.47. The number of pyridine rings is 1. The van der Waals surface area contributed by atoms with Crippen LogP contribution in [-0.4, -0.2) is 43.6 Å². The van der Waals surface area contributed by atoms with Crippen molar-refractivity contribution in [2.24, 2.45) is 0 Å². The highest BCUT2D eigenvalue weighted by Crippen LogP contribution is 2.35. The molecule has 4 heterocycles. The molecule has 3 aromatic rings. The minimum atomic E-state index is -0.0604. The summed E-state index contributed by atoms with van der Waals surface area (Å²) in [6.07, 6.45) is 4.93. The highest BCUT2D eigenvalue weighted by Gasteiger charge is 2.30. The first-order chi connectivity index (χ1) is 12.6. The van der Waals surface area contributed by atoms with Crippen LogP contribution in [0, 0.1) is 6.92 Å². The summed E-state index contributed by atoms with van der Waals surface area (Å²) in [5.74, 6) is 0.728. The van der Waals surface area contributed by atoms with Gasteiger partial charge in [-0.25, -0.2) is 0 Å². The fourth-order valence-corrected chi connectivity index (χ4v) is 3.95. The van der Waals surface area contributed by atoms with E-state index in [0.717, 1.165) is 29.1 Å². The number of piperidine rings is 1. The maximum Gasteiger partial charge on any atom is 0.255 e. The molecule has 134 valence electrons. The van der Waals surface area contributed by atoms with Gasteiger partial charge in [-0.1, -0.05) is 9.64 Å². The third kappa shape index (κ3) is 3.17. The van der Waals surface area contributed by atoms with Gasteiger partial charge in [0.1, 0.15) is 4.88 Å². The fraction of sp³-hybridized carbons (Fsp3) is 0.353. The number of nitrogens with two attached hydrogens (primary N) is 1. The van der Waals surface area contributed by atoms with Gasteiger partial charge in [0.05, 0.1) is 22.6 Å². The summed E-state index contributed by atoms with van der Waals surface area (Å²) in [5, 5.41) is 8.26. The fourth-order valence-electron chi connectivity index (χ4n) is 3.25. The predicted octanol–water partition coefficient (Wildman–Crippen LogP) is 2.50. The summed E-state index contributed by atoms with van der Waals surface area (Å²) >= 11 is 1.29. The first kappa shape index (κ1) is 16.6. The summed E-state index contributed by atoms with van der Waals surface area (Å²) in [4.78, 5) is 19.5. The number of rotatable bonds is 3. The number of hydrogen-bond acceptors (Lipinski definition) is 8. The molecule has 1 atom stereocenters. The van der Waals surface area contributed by atoms with Gasteiger partial charge in [0.25, 0.3) is 5.91 Å². The highest BCUT2D eigenvalue weighted by molar-refractivity contribution is 7.09. The minimum Gasteiger partial charge on any atom is -0.397 e. The van der Waals surface area contributed by atoms with Crippen molar-refractivity contribution < 1.29 is 9.32 Å². The average molecular weight is 370 g/mol. The number of anilines is 1. The van der Waals surface area contributed by atoms with E-state index in [0.29, 0.717) is 30.1 Å². The van der Waals surface area contributed by atoms with E-state index in [9.17, 15) is 4.79 Å². The summed E-state index contributed by atoms with van der Waals surface area (Å²) in [6.45, 7) is 3.17. The van der Waals surface area contributed by atoms with Crippen molar-refractivity contribution in [3.8, 4) is 10.6 Å². The Kier molecular flexibility index (Phi) is 4.37. The van der Waals surface area contributed by atoms with Gasteiger partial charge in [-0.15, -0.1) is 5.10 Å². The van der Waals surface area contributed by atoms with Gasteiger partial charge >= 0.3 is 0 Å². The zero-order valence-electron chi connectivity index (χ0n) is 14.3. The molecule has 1 saturated heterocycles. The van der Waals surface area contributed by atoms with Gasteiger partial charge in [0, 0.05) is 37.5 Å². The summed E-state index contributed by atoms with van der Waals surface area (Å²) in [7, 11) is 0. The molecule has 1 amide bonds. The van der Waals surface area contributed by atoms with Crippen molar-refractivity contribution in [2.75, 3.05) is 18.8 Å². The third-order valence-corrected chi connectivity index (χ3v) is 5.22. The Balaban J connectivity index is 1.56. The van der Waals surface area contributed by atoms with Crippen molar-refractivity contribution in [1.82, 2.24) is 24.6 Å². The maximum absolute atomic E-state index is 12.8. The van der Waals surface area contributed by atoms with Crippen LogP contribution in [0.2, 0.25) is 0 Å². The molecule has 9 heteroatoms. The number of aryl methyl sites for hydroxylation is 1. The van der Waals surface area contributed by atoms with Gasteiger partial charge in [-0.05, 0) is 37.4 Å². The molecule has 3 aromatic heterocycles. The normalized spacial score (nSPS) is 17.4. The van der Waals surface area contributed by atoms with Crippen molar-refractivity contribution in [3.63, 3.8) is 0 Å². The van der Waals surface area contributed by atoms with Crippen LogP contribution in [0.4, 0.5) is 5.69 Å². The SMILES string of the molecule is Cc1cc(-c2snnc2[C@H]2CCCN(C(=O)c3cncc(N)c3)C2)on1. The van der Waals surface area contributed by atoms with Crippen LogP contribution >= 0.6 is 11.5 Å². The highest BCUT2D eigenvalue weighted by atomic mass is 32.1. The van der Waals surface area contributed by atoms with Gasteiger partial charge in [-0.3, -0.25) is 9.78 Å². The molecule has 26 heavy (non-hydrogen) atoms. The van der Waals surface area contributed by atoms with E-state index in [1.165, 1.54) is 17.7 Å². The quantitative estimate of drug-likeness (QED) is 0.754. The topological polar surface area (TPSA) is 111 Å². The predicted molar refractivity (Wildman–Crippen MR) is 96.7 cm³/mol.